The monoisotopic (exact) mass is 170 g/mol. The maximum absolute atomic E-state index is 3.95. The highest BCUT2D eigenvalue weighted by Gasteiger charge is 2.12. The standard InChI is InChI=1S/C13H14/c1-10(2)9-12-8-7-11-5-3-4-6-13(11)12/h3-6,8H,1,7,9H2,2H3. The van der Waals surface area contributed by atoms with Gasteiger partial charge in [-0.1, -0.05) is 42.5 Å². The molecular formula is C13H14. The lowest BCUT2D eigenvalue weighted by molar-refractivity contribution is 1.25. The van der Waals surface area contributed by atoms with Crippen molar-refractivity contribution in [3.05, 3.63) is 53.6 Å². The minimum Gasteiger partial charge on any atom is -0.0998 e. The van der Waals surface area contributed by atoms with Gasteiger partial charge >= 0.3 is 0 Å². The van der Waals surface area contributed by atoms with Crippen molar-refractivity contribution in [1.82, 2.24) is 0 Å². The molecule has 0 amide bonds. The van der Waals surface area contributed by atoms with E-state index in [9.17, 15) is 0 Å². The average Bonchev–Trinajstić information content (AvgIpc) is 2.48. The minimum absolute atomic E-state index is 1.02. The molecule has 1 aromatic carbocycles. The molecule has 66 valence electrons. The molecular weight excluding hydrogens is 156 g/mol. The summed E-state index contributed by atoms with van der Waals surface area (Å²) in [5.41, 5.74) is 5.57. The second-order valence-electron chi connectivity index (χ2n) is 3.72. The SMILES string of the molecule is C=C(C)CC1=CCc2ccccc21. The molecule has 0 unspecified atom stereocenters. The average molecular weight is 170 g/mol. The molecule has 0 spiro atoms. The van der Waals surface area contributed by atoms with Crippen molar-refractivity contribution >= 4 is 5.57 Å². The third-order valence-electron chi connectivity index (χ3n) is 2.42. The zero-order valence-corrected chi connectivity index (χ0v) is 8.01. The molecule has 0 heterocycles. The second-order valence-corrected chi connectivity index (χ2v) is 3.72. The molecule has 1 aromatic rings. The second kappa shape index (κ2) is 3.21. The highest BCUT2D eigenvalue weighted by atomic mass is 14.2. The Morgan fingerprint density at radius 1 is 1.38 bits per heavy atom. The van der Waals surface area contributed by atoms with Crippen molar-refractivity contribution in [1.29, 1.82) is 0 Å². The first-order valence-electron chi connectivity index (χ1n) is 4.69. The largest absolute Gasteiger partial charge is 0.0998 e. The van der Waals surface area contributed by atoms with E-state index in [4.69, 9.17) is 0 Å². The molecule has 2 rings (SSSR count). The fraction of sp³-hybridized carbons (Fsp3) is 0.231. The molecule has 0 N–H and O–H groups in total. The van der Waals surface area contributed by atoms with E-state index in [2.05, 4.69) is 43.8 Å². The van der Waals surface area contributed by atoms with Gasteiger partial charge in [-0.3, -0.25) is 0 Å². The number of benzene rings is 1. The molecule has 0 aromatic heterocycles. The Balaban J connectivity index is 2.31. The van der Waals surface area contributed by atoms with Crippen LogP contribution in [0.3, 0.4) is 0 Å². The Morgan fingerprint density at radius 2 is 2.15 bits per heavy atom. The van der Waals surface area contributed by atoms with Crippen LogP contribution in [-0.2, 0) is 6.42 Å². The Hall–Kier alpha value is -1.30. The van der Waals surface area contributed by atoms with Crippen LogP contribution in [0.2, 0.25) is 0 Å². The molecule has 1 aliphatic carbocycles. The van der Waals surface area contributed by atoms with E-state index in [0.717, 1.165) is 12.8 Å². The highest BCUT2D eigenvalue weighted by molar-refractivity contribution is 5.74. The Morgan fingerprint density at radius 3 is 2.92 bits per heavy atom. The number of allylic oxidation sites excluding steroid dienone is 3. The molecule has 0 bridgehead atoms. The molecule has 13 heavy (non-hydrogen) atoms. The summed E-state index contributed by atoms with van der Waals surface area (Å²) in [5, 5.41) is 0. The van der Waals surface area contributed by atoms with Gasteiger partial charge in [-0.2, -0.15) is 0 Å². The lowest BCUT2D eigenvalue weighted by Gasteiger charge is -2.04. The molecule has 0 fully saturated rings. The Labute approximate surface area is 79.6 Å². The van der Waals surface area contributed by atoms with Gasteiger partial charge < -0.3 is 0 Å². The molecule has 0 saturated carbocycles. The van der Waals surface area contributed by atoms with Crippen LogP contribution in [0.25, 0.3) is 5.57 Å². The van der Waals surface area contributed by atoms with Crippen molar-refractivity contribution in [2.45, 2.75) is 19.8 Å². The first-order chi connectivity index (χ1) is 6.27. The lowest BCUT2D eigenvalue weighted by atomic mass is 10.0. The molecule has 0 saturated heterocycles. The minimum atomic E-state index is 1.02. The van der Waals surface area contributed by atoms with Gasteiger partial charge in [0.1, 0.15) is 0 Å². The van der Waals surface area contributed by atoms with Gasteiger partial charge in [-0.25, -0.2) is 0 Å². The van der Waals surface area contributed by atoms with E-state index < -0.39 is 0 Å². The maximum atomic E-state index is 3.95. The van der Waals surface area contributed by atoms with Crippen LogP contribution in [0.5, 0.6) is 0 Å². The van der Waals surface area contributed by atoms with E-state index in [1.54, 1.807) is 0 Å². The van der Waals surface area contributed by atoms with Crippen LogP contribution < -0.4 is 0 Å². The Bertz CT molecular complexity index is 369. The van der Waals surface area contributed by atoms with Crippen molar-refractivity contribution in [2.75, 3.05) is 0 Å². The van der Waals surface area contributed by atoms with Gasteiger partial charge in [0.05, 0.1) is 0 Å². The van der Waals surface area contributed by atoms with Crippen molar-refractivity contribution in [3.8, 4) is 0 Å². The van der Waals surface area contributed by atoms with Crippen LogP contribution in [0.4, 0.5) is 0 Å². The van der Waals surface area contributed by atoms with Crippen molar-refractivity contribution in [3.63, 3.8) is 0 Å². The van der Waals surface area contributed by atoms with E-state index in [1.165, 1.54) is 22.3 Å². The third-order valence-corrected chi connectivity index (χ3v) is 2.42. The summed E-state index contributed by atoms with van der Waals surface area (Å²) in [7, 11) is 0. The van der Waals surface area contributed by atoms with E-state index in [0.29, 0.717) is 0 Å². The number of fused-ring (bicyclic) bond motifs is 1. The zero-order chi connectivity index (χ0) is 9.26. The van der Waals surface area contributed by atoms with Gasteiger partial charge in [0.25, 0.3) is 0 Å². The van der Waals surface area contributed by atoms with Gasteiger partial charge in [-0.05, 0) is 36.5 Å². The smallest absolute Gasteiger partial charge is 0.00696 e. The lowest BCUT2D eigenvalue weighted by Crippen LogP contribution is -1.84. The van der Waals surface area contributed by atoms with Crippen LogP contribution in [-0.4, -0.2) is 0 Å². The van der Waals surface area contributed by atoms with E-state index >= 15 is 0 Å². The summed E-state index contributed by atoms with van der Waals surface area (Å²) in [5.74, 6) is 0. The van der Waals surface area contributed by atoms with Gasteiger partial charge in [-0.15, -0.1) is 0 Å². The quantitative estimate of drug-likeness (QED) is 0.595. The summed E-state index contributed by atoms with van der Waals surface area (Å²) in [6, 6.07) is 8.63. The predicted molar refractivity (Wildman–Crippen MR) is 57.6 cm³/mol. The van der Waals surface area contributed by atoms with Gasteiger partial charge in [0.15, 0.2) is 0 Å². The van der Waals surface area contributed by atoms with Crippen LogP contribution in [0, 0.1) is 0 Å². The topological polar surface area (TPSA) is 0 Å². The van der Waals surface area contributed by atoms with Crippen LogP contribution >= 0.6 is 0 Å². The molecule has 0 nitrogen and oxygen atoms in total. The normalized spacial score (nSPS) is 13.8. The maximum Gasteiger partial charge on any atom is -0.00696 e. The zero-order valence-electron chi connectivity index (χ0n) is 8.01. The molecule has 0 aliphatic heterocycles. The third kappa shape index (κ3) is 1.57. The summed E-state index contributed by atoms with van der Waals surface area (Å²) in [6.07, 6.45) is 4.44. The number of hydrogen-bond donors (Lipinski definition) is 0. The fourth-order valence-electron chi connectivity index (χ4n) is 1.85. The number of rotatable bonds is 2. The molecule has 0 radical (unpaired) electrons. The summed E-state index contributed by atoms with van der Waals surface area (Å²) >= 11 is 0. The summed E-state index contributed by atoms with van der Waals surface area (Å²) in [4.78, 5) is 0. The molecule has 0 heteroatoms. The van der Waals surface area contributed by atoms with Crippen LogP contribution in [0.15, 0.2) is 42.5 Å². The number of hydrogen-bond acceptors (Lipinski definition) is 0. The van der Waals surface area contributed by atoms with Crippen LogP contribution in [0.1, 0.15) is 24.5 Å². The fourth-order valence-corrected chi connectivity index (χ4v) is 1.85. The van der Waals surface area contributed by atoms with E-state index in [1.807, 2.05) is 0 Å². The first kappa shape index (κ1) is 8.31. The predicted octanol–water partition coefficient (Wildman–Crippen LogP) is 3.59. The van der Waals surface area contributed by atoms with Crippen molar-refractivity contribution in [2.24, 2.45) is 0 Å². The highest BCUT2D eigenvalue weighted by Crippen LogP contribution is 2.30. The molecule has 0 atom stereocenters. The summed E-state index contributed by atoms with van der Waals surface area (Å²) < 4.78 is 0. The van der Waals surface area contributed by atoms with E-state index in [-0.39, 0.29) is 0 Å². The molecule has 1 aliphatic rings. The van der Waals surface area contributed by atoms with Crippen molar-refractivity contribution < 1.29 is 0 Å². The first-order valence-corrected chi connectivity index (χ1v) is 4.69. The summed E-state index contributed by atoms with van der Waals surface area (Å²) in [6.45, 7) is 6.04. The van der Waals surface area contributed by atoms with Gasteiger partial charge in [0.2, 0.25) is 0 Å². The van der Waals surface area contributed by atoms with Gasteiger partial charge in [0, 0.05) is 0 Å². The Kier molecular flexibility index (Phi) is 2.05.